The highest BCUT2D eigenvalue weighted by molar-refractivity contribution is 5.91. The van der Waals surface area contributed by atoms with Crippen LogP contribution in [-0.2, 0) is 24.4 Å². The molecular formula is C17H22N8O3. The minimum atomic E-state index is -0.519. The van der Waals surface area contributed by atoms with Gasteiger partial charge in [-0.2, -0.15) is 15.3 Å². The SMILES string of the molecule is CCn1ncc(Cn2cc(NC(=O)C(C)Cn3cc([N+](=O)[O-])cn3)cn2)c1C. The third-order valence-corrected chi connectivity index (χ3v) is 4.48. The standard InChI is InChI=1S/C17H22N8O3/c1-4-24-13(3)14(5-20-24)9-23-10-15(6-18-23)21-17(26)12(2)8-22-11-16(7-19-22)25(27)28/h5-7,10-12H,4,8-9H2,1-3H3,(H,21,26). The number of hydrogen-bond donors (Lipinski definition) is 1. The van der Waals surface area contributed by atoms with Crippen LogP contribution in [0.4, 0.5) is 11.4 Å². The molecule has 3 aromatic rings. The fourth-order valence-corrected chi connectivity index (χ4v) is 2.82. The van der Waals surface area contributed by atoms with E-state index in [0.29, 0.717) is 12.2 Å². The van der Waals surface area contributed by atoms with Gasteiger partial charge in [0.2, 0.25) is 5.91 Å². The number of nitrogens with zero attached hydrogens (tertiary/aromatic N) is 7. The quantitative estimate of drug-likeness (QED) is 0.465. The molecule has 0 aliphatic heterocycles. The van der Waals surface area contributed by atoms with Gasteiger partial charge in [0.1, 0.15) is 12.4 Å². The van der Waals surface area contributed by atoms with Crippen molar-refractivity contribution < 1.29 is 9.72 Å². The van der Waals surface area contributed by atoms with Crippen LogP contribution in [0.2, 0.25) is 0 Å². The van der Waals surface area contributed by atoms with E-state index >= 15 is 0 Å². The number of aromatic nitrogens is 6. The van der Waals surface area contributed by atoms with Crippen molar-refractivity contribution in [2.45, 2.75) is 40.4 Å². The molecule has 0 bridgehead atoms. The van der Waals surface area contributed by atoms with E-state index in [9.17, 15) is 14.9 Å². The lowest BCUT2D eigenvalue weighted by atomic mass is 10.1. The molecular weight excluding hydrogens is 364 g/mol. The number of nitrogens with one attached hydrogen (secondary N) is 1. The van der Waals surface area contributed by atoms with Gasteiger partial charge in [0.15, 0.2) is 0 Å². The molecule has 0 saturated carbocycles. The summed E-state index contributed by atoms with van der Waals surface area (Å²) in [6, 6.07) is 0. The topological polar surface area (TPSA) is 126 Å². The number of aryl methyl sites for hydroxylation is 1. The van der Waals surface area contributed by atoms with Crippen LogP contribution in [0, 0.1) is 23.0 Å². The fourth-order valence-electron chi connectivity index (χ4n) is 2.82. The maximum atomic E-state index is 12.4. The summed E-state index contributed by atoms with van der Waals surface area (Å²) in [6.45, 7) is 7.39. The Morgan fingerprint density at radius 2 is 1.96 bits per heavy atom. The average Bonchev–Trinajstić information content (AvgIpc) is 3.37. The zero-order valence-electron chi connectivity index (χ0n) is 15.9. The van der Waals surface area contributed by atoms with E-state index in [4.69, 9.17) is 0 Å². The van der Waals surface area contributed by atoms with Crippen LogP contribution >= 0.6 is 0 Å². The van der Waals surface area contributed by atoms with Gasteiger partial charge in [0, 0.05) is 24.0 Å². The van der Waals surface area contributed by atoms with Crippen molar-refractivity contribution in [2.24, 2.45) is 5.92 Å². The van der Waals surface area contributed by atoms with E-state index in [-0.39, 0.29) is 18.1 Å². The Bertz CT molecular complexity index is 986. The van der Waals surface area contributed by atoms with E-state index in [1.807, 2.05) is 24.7 Å². The summed E-state index contributed by atoms with van der Waals surface area (Å²) in [4.78, 5) is 22.6. The second kappa shape index (κ2) is 8.03. The summed E-state index contributed by atoms with van der Waals surface area (Å²) in [7, 11) is 0. The van der Waals surface area contributed by atoms with Gasteiger partial charge in [-0.25, -0.2) is 0 Å². The third kappa shape index (κ3) is 4.24. The molecule has 1 N–H and O–H groups in total. The van der Waals surface area contributed by atoms with Crippen molar-refractivity contribution in [1.29, 1.82) is 0 Å². The van der Waals surface area contributed by atoms with Gasteiger partial charge in [0.05, 0.1) is 42.0 Å². The Balaban J connectivity index is 1.58. The number of anilines is 1. The molecule has 0 aliphatic rings. The van der Waals surface area contributed by atoms with Gasteiger partial charge in [-0.05, 0) is 13.8 Å². The Hall–Kier alpha value is -3.50. The van der Waals surface area contributed by atoms with Crippen LogP contribution in [-0.4, -0.2) is 40.2 Å². The molecule has 0 spiro atoms. The Morgan fingerprint density at radius 3 is 2.61 bits per heavy atom. The van der Waals surface area contributed by atoms with Crippen molar-refractivity contribution in [3.63, 3.8) is 0 Å². The molecule has 11 nitrogen and oxygen atoms in total. The molecule has 0 fully saturated rings. The number of amides is 1. The molecule has 0 radical (unpaired) electrons. The number of nitro groups is 1. The number of hydrogen-bond acceptors (Lipinski definition) is 6. The maximum absolute atomic E-state index is 12.4. The summed E-state index contributed by atoms with van der Waals surface area (Å²) in [6.07, 6.45) is 7.64. The smallest absolute Gasteiger partial charge is 0.306 e. The first kappa shape index (κ1) is 19.3. The zero-order valence-corrected chi connectivity index (χ0v) is 15.9. The second-order valence-electron chi connectivity index (χ2n) is 6.57. The van der Waals surface area contributed by atoms with Crippen LogP contribution in [0.1, 0.15) is 25.1 Å². The molecule has 1 amide bonds. The third-order valence-electron chi connectivity index (χ3n) is 4.48. The Morgan fingerprint density at radius 1 is 1.21 bits per heavy atom. The first-order valence-electron chi connectivity index (χ1n) is 8.88. The van der Waals surface area contributed by atoms with Crippen LogP contribution in [0.3, 0.4) is 0 Å². The van der Waals surface area contributed by atoms with Crippen LogP contribution < -0.4 is 5.32 Å². The molecule has 0 aliphatic carbocycles. The highest BCUT2D eigenvalue weighted by Crippen LogP contribution is 2.14. The highest BCUT2D eigenvalue weighted by atomic mass is 16.6. The molecule has 28 heavy (non-hydrogen) atoms. The van der Waals surface area contributed by atoms with E-state index in [0.717, 1.165) is 24.0 Å². The van der Waals surface area contributed by atoms with Gasteiger partial charge < -0.3 is 5.32 Å². The molecule has 11 heteroatoms. The van der Waals surface area contributed by atoms with Crippen molar-refractivity contribution >= 4 is 17.3 Å². The fraction of sp³-hybridized carbons (Fsp3) is 0.412. The van der Waals surface area contributed by atoms with Crippen LogP contribution in [0.15, 0.2) is 31.0 Å². The molecule has 3 rings (SSSR count). The van der Waals surface area contributed by atoms with E-state index in [2.05, 4.69) is 20.6 Å². The summed E-state index contributed by atoms with van der Waals surface area (Å²) in [5, 5.41) is 26.0. The van der Waals surface area contributed by atoms with Crippen LogP contribution in [0.5, 0.6) is 0 Å². The minimum absolute atomic E-state index is 0.101. The average molecular weight is 386 g/mol. The highest BCUT2D eigenvalue weighted by Gasteiger charge is 2.17. The van der Waals surface area contributed by atoms with Gasteiger partial charge in [0.25, 0.3) is 0 Å². The maximum Gasteiger partial charge on any atom is 0.306 e. The largest absolute Gasteiger partial charge is 0.323 e. The molecule has 3 aromatic heterocycles. The molecule has 1 unspecified atom stereocenters. The van der Waals surface area contributed by atoms with Gasteiger partial charge in [-0.3, -0.25) is 29.0 Å². The summed E-state index contributed by atoms with van der Waals surface area (Å²) in [5.74, 6) is -0.638. The van der Waals surface area contributed by atoms with E-state index in [1.165, 1.54) is 10.9 Å². The molecule has 3 heterocycles. The molecule has 0 saturated heterocycles. The van der Waals surface area contributed by atoms with Crippen molar-refractivity contribution in [3.8, 4) is 0 Å². The van der Waals surface area contributed by atoms with Gasteiger partial charge in [-0.15, -0.1) is 0 Å². The number of rotatable bonds is 8. The Labute approximate surface area is 161 Å². The summed E-state index contributed by atoms with van der Waals surface area (Å²) < 4.78 is 5.05. The summed E-state index contributed by atoms with van der Waals surface area (Å²) in [5.41, 5.74) is 2.64. The zero-order chi connectivity index (χ0) is 20.3. The number of carbonyl (C=O) groups excluding carboxylic acids is 1. The monoisotopic (exact) mass is 386 g/mol. The van der Waals surface area contributed by atoms with Crippen molar-refractivity contribution in [3.05, 3.63) is 52.4 Å². The van der Waals surface area contributed by atoms with Crippen molar-refractivity contribution in [1.82, 2.24) is 29.3 Å². The first-order chi connectivity index (χ1) is 13.4. The lowest BCUT2D eigenvalue weighted by molar-refractivity contribution is -0.385. The molecule has 0 aromatic carbocycles. The van der Waals surface area contributed by atoms with Gasteiger partial charge >= 0.3 is 5.69 Å². The predicted octanol–water partition coefficient (Wildman–Crippen LogP) is 1.84. The predicted molar refractivity (Wildman–Crippen MR) is 101 cm³/mol. The van der Waals surface area contributed by atoms with Gasteiger partial charge in [-0.1, -0.05) is 6.92 Å². The Kier molecular flexibility index (Phi) is 5.52. The molecule has 1 atom stereocenters. The summed E-state index contributed by atoms with van der Waals surface area (Å²) >= 11 is 0. The second-order valence-corrected chi connectivity index (χ2v) is 6.57. The number of carbonyl (C=O) groups is 1. The lowest BCUT2D eigenvalue weighted by Gasteiger charge is -2.10. The minimum Gasteiger partial charge on any atom is -0.323 e. The van der Waals surface area contributed by atoms with E-state index in [1.54, 1.807) is 24.0 Å². The van der Waals surface area contributed by atoms with Crippen LogP contribution in [0.25, 0.3) is 0 Å². The lowest BCUT2D eigenvalue weighted by Crippen LogP contribution is -2.24. The van der Waals surface area contributed by atoms with E-state index < -0.39 is 10.8 Å². The first-order valence-corrected chi connectivity index (χ1v) is 8.88. The normalized spacial score (nSPS) is 12.1. The molecule has 148 valence electrons. The van der Waals surface area contributed by atoms with Crippen molar-refractivity contribution in [2.75, 3.05) is 5.32 Å².